The molecule has 2 aromatic rings. The molecule has 0 fully saturated rings. The van der Waals surface area contributed by atoms with Gasteiger partial charge in [-0.05, 0) is 36.8 Å². The van der Waals surface area contributed by atoms with Gasteiger partial charge < -0.3 is 5.32 Å². The third kappa shape index (κ3) is 3.33. The Labute approximate surface area is 123 Å². The van der Waals surface area contributed by atoms with Crippen molar-refractivity contribution in [2.75, 3.05) is 5.32 Å². The Hall–Kier alpha value is -1.95. The number of nitrogens with zero attached hydrogens (tertiary/aromatic N) is 1. The Morgan fingerprint density at radius 2 is 2.05 bits per heavy atom. The molecule has 0 heterocycles. The molecule has 0 aliphatic carbocycles. The molecule has 0 spiro atoms. The topological polar surface area (TPSA) is 55.2 Å². The van der Waals surface area contributed by atoms with Gasteiger partial charge in [0.05, 0.1) is 4.92 Å². The van der Waals surface area contributed by atoms with Crippen LogP contribution in [0.15, 0.2) is 40.9 Å². The van der Waals surface area contributed by atoms with E-state index in [4.69, 9.17) is 0 Å². The van der Waals surface area contributed by atoms with Crippen LogP contribution < -0.4 is 5.32 Å². The summed E-state index contributed by atoms with van der Waals surface area (Å²) in [7, 11) is 0. The number of rotatable bonds is 4. The number of nitrogens with one attached hydrogen (secondary N) is 1. The second kappa shape index (κ2) is 6.00. The van der Waals surface area contributed by atoms with Crippen molar-refractivity contribution in [1.29, 1.82) is 0 Å². The monoisotopic (exact) mass is 338 g/mol. The van der Waals surface area contributed by atoms with E-state index in [1.807, 2.05) is 0 Å². The van der Waals surface area contributed by atoms with Crippen molar-refractivity contribution in [2.45, 2.75) is 13.5 Å². The van der Waals surface area contributed by atoms with Gasteiger partial charge in [0.15, 0.2) is 0 Å². The van der Waals surface area contributed by atoms with E-state index in [-0.39, 0.29) is 18.0 Å². The molecule has 0 radical (unpaired) electrons. The van der Waals surface area contributed by atoms with Gasteiger partial charge in [-0.2, -0.15) is 0 Å². The fourth-order valence-electron chi connectivity index (χ4n) is 1.81. The first-order valence-corrected chi connectivity index (χ1v) is 6.69. The van der Waals surface area contributed by atoms with E-state index in [1.54, 1.807) is 31.2 Å². The fraction of sp³-hybridized carbons (Fsp3) is 0.143. The van der Waals surface area contributed by atoms with Crippen LogP contribution in [0.1, 0.15) is 11.1 Å². The van der Waals surface area contributed by atoms with Crippen LogP contribution in [-0.4, -0.2) is 4.92 Å². The fourth-order valence-corrected chi connectivity index (χ4v) is 2.22. The molecule has 2 rings (SSSR count). The molecule has 0 saturated carbocycles. The number of hydrogen-bond donors (Lipinski definition) is 1. The second-order valence-electron chi connectivity index (χ2n) is 4.37. The lowest BCUT2D eigenvalue weighted by molar-refractivity contribution is -0.384. The molecule has 0 amide bonds. The highest BCUT2D eigenvalue weighted by Crippen LogP contribution is 2.26. The van der Waals surface area contributed by atoms with E-state index in [1.165, 1.54) is 12.1 Å². The number of benzene rings is 2. The summed E-state index contributed by atoms with van der Waals surface area (Å²) in [5, 5.41) is 13.9. The summed E-state index contributed by atoms with van der Waals surface area (Å²) >= 11 is 3.27. The van der Waals surface area contributed by atoms with Crippen molar-refractivity contribution < 1.29 is 9.31 Å². The van der Waals surface area contributed by atoms with Crippen molar-refractivity contribution in [3.8, 4) is 0 Å². The smallest absolute Gasteiger partial charge is 0.292 e. The van der Waals surface area contributed by atoms with E-state index in [0.29, 0.717) is 11.3 Å². The Kier molecular flexibility index (Phi) is 4.34. The summed E-state index contributed by atoms with van der Waals surface area (Å²) in [4.78, 5) is 10.5. The van der Waals surface area contributed by atoms with E-state index >= 15 is 0 Å². The van der Waals surface area contributed by atoms with Crippen LogP contribution in [0.25, 0.3) is 0 Å². The molecule has 1 N–H and O–H groups in total. The van der Waals surface area contributed by atoms with Gasteiger partial charge in [-0.3, -0.25) is 10.1 Å². The summed E-state index contributed by atoms with van der Waals surface area (Å²) in [5.74, 6) is -0.351. The van der Waals surface area contributed by atoms with Crippen LogP contribution >= 0.6 is 15.9 Å². The van der Waals surface area contributed by atoms with Gasteiger partial charge in [0.1, 0.15) is 11.5 Å². The van der Waals surface area contributed by atoms with Gasteiger partial charge in [-0.1, -0.05) is 22.0 Å². The summed E-state index contributed by atoms with van der Waals surface area (Å²) in [6, 6.07) is 9.48. The molecule has 0 bridgehead atoms. The number of halogens is 2. The largest absolute Gasteiger partial charge is 0.375 e. The molecule has 0 unspecified atom stereocenters. The molecule has 0 aromatic heterocycles. The van der Waals surface area contributed by atoms with Gasteiger partial charge in [-0.15, -0.1) is 0 Å². The average Bonchev–Trinajstić information content (AvgIpc) is 2.40. The predicted octanol–water partition coefficient (Wildman–Crippen LogP) is 4.42. The van der Waals surface area contributed by atoms with Crippen molar-refractivity contribution in [1.82, 2.24) is 0 Å². The Bertz CT molecular complexity index is 662. The van der Waals surface area contributed by atoms with Crippen LogP contribution in [0.4, 0.5) is 15.8 Å². The molecular formula is C14H12BrFN2O2. The molecule has 6 heteroatoms. The molecule has 0 aliphatic rings. The van der Waals surface area contributed by atoms with E-state index in [9.17, 15) is 14.5 Å². The van der Waals surface area contributed by atoms with Gasteiger partial charge in [-0.25, -0.2) is 4.39 Å². The first kappa shape index (κ1) is 14.5. The first-order chi connectivity index (χ1) is 9.47. The quantitative estimate of drug-likeness (QED) is 0.663. The molecule has 0 aliphatic heterocycles. The lowest BCUT2D eigenvalue weighted by Gasteiger charge is -2.09. The lowest BCUT2D eigenvalue weighted by atomic mass is 10.1. The summed E-state index contributed by atoms with van der Waals surface area (Å²) in [6.07, 6.45) is 0. The second-order valence-corrected chi connectivity index (χ2v) is 5.28. The maximum atomic E-state index is 13.6. The first-order valence-electron chi connectivity index (χ1n) is 5.90. The Morgan fingerprint density at radius 1 is 1.30 bits per heavy atom. The highest BCUT2D eigenvalue weighted by molar-refractivity contribution is 9.10. The summed E-state index contributed by atoms with van der Waals surface area (Å²) in [6.45, 7) is 1.96. The maximum Gasteiger partial charge on any atom is 0.292 e. The molecule has 104 valence electrons. The number of aryl methyl sites for hydroxylation is 1. The summed E-state index contributed by atoms with van der Waals surface area (Å²) < 4.78 is 14.4. The van der Waals surface area contributed by atoms with Crippen LogP contribution in [0, 0.1) is 22.9 Å². The van der Waals surface area contributed by atoms with Gasteiger partial charge in [0, 0.05) is 22.6 Å². The number of hydrogen-bond acceptors (Lipinski definition) is 3. The van der Waals surface area contributed by atoms with E-state index < -0.39 is 4.92 Å². The number of anilines is 1. The molecule has 0 atom stereocenters. The standard InChI is InChI=1S/C14H12BrFN2O2/c1-9-2-5-13(14(6-9)18(19)20)17-8-10-7-11(15)3-4-12(10)16/h2-7,17H,8H2,1H3. The minimum Gasteiger partial charge on any atom is -0.375 e. The predicted molar refractivity (Wildman–Crippen MR) is 79.3 cm³/mol. The molecule has 2 aromatic carbocycles. The van der Waals surface area contributed by atoms with Crippen LogP contribution in [0.2, 0.25) is 0 Å². The van der Waals surface area contributed by atoms with Crippen molar-refractivity contribution >= 4 is 27.3 Å². The Balaban J connectivity index is 2.23. The van der Waals surface area contributed by atoms with Crippen molar-refractivity contribution in [2.24, 2.45) is 0 Å². The average molecular weight is 339 g/mol. The third-order valence-electron chi connectivity index (χ3n) is 2.83. The van der Waals surface area contributed by atoms with Crippen LogP contribution in [-0.2, 0) is 6.54 Å². The minimum absolute atomic E-state index is 0.0135. The van der Waals surface area contributed by atoms with Gasteiger partial charge in [0.2, 0.25) is 0 Å². The molecule has 0 saturated heterocycles. The van der Waals surface area contributed by atoms with E-state index in [2.05, 4.69) is 21.2 Å². The molecule has 20 heavy (non-hydrogen) atoms. The Morgan fingerprint density at radius 3 is 2.75 bits per heavy atom. The van der Waals surface area contributed by atoms with E-state index in [0.717, 1.165) is 10.0 Å². The zero-order valence-electron chi connectivity index (χ0n) is 10.7. The van der Waals surface area contributed by atoms with Crippen LogP contribution in [0.5, 0.6) is 0 Å². The SMILES string of the molecule is Cc1ccc(NCc2cc(Br)ccc2F)c([N+](=O)[O-])c1. The van der Waals surface area contributed by atoms with Crippen LogP contribution in [0.3, 0.4) is 0 Å². The molecule has 4 nitrogen and oxygen atoms in total. The van der Waals surface area contributed by atoms with Crippen molar-refractivity contribution in [3.05, 3.63) is 67.9 Å². The highest BCUT2D eigenvalue weighted by Gasteiger charge is 2.14. The number of nitro benzene ring substituents is 1. The zero-order valence-corrected chi connectivity index (χ0v) is 12.3. The normalized spacial score (nSPS) is 10.3. The lowest BCUT2D eigenvalue weighted by Crippen LogP contribution is -2.04. The van der Waals surface area contributed by atoms with Gasteiger partial charge in [0.25, 0.3) is 5.69 Å². The van der Waals surface area contributed by atoms with Crippen molar-refractivity contribution in [3.63, 3.8) is 0 Å². The minimum atomic E-state index is -0.452. The van der Waals surface area contributed by atoms with Gasteiger partial charge >= 0.3 is 0 Å². The summed E-state index contributed by atoms with van der Waals surface area (Å²) in [5.41, 5.74) is 1.60. The zero-order chi connectivity index (χ0) is 14.7. The third-order valence-corrected chi connectivity index (χ3v) is 3.32. The molecular weight excluding hydrogens is 327 g/mol. The highest BCUT2D eigenvalue weighted by atomic mass is 79.9. The maximum absolute atomic E-state index is 13.6. The number of nitro groups is 1.